The van der Waals surface area contributed by atoms with Gasteiger partial charge >= 0.3 is 5.97 Å². The first-order chi connectivity index (χ1) is 19.1. The third kappa shape index (κ3) is 6.10. The fourth-order valence-electron chi connectivity index (χ4n) is 6.25. The van der Waals surface area contributed by atoms with E-state index in [0.717, 1.165) is 47.1 Å². The number of carbonyl (C=O) groups is 2. The molecule has 214 valence electrons. The number of rotatable bonds is 8. The molecule has 8 nitrogen and oxygen atoms in total. The van der Waals surface area contributed by atoms with Crippen LogP contribution in [0, 0.1) is 5.92 Å². The quantitative estimate of drug-likeness (QED) is 0.395. The molecule has 2 aromatic carbocycles. The molecule has 9 heteroatoms. The van der Waals surface area contributed by atoms with Crippen molar-refractivity contribution in [3.63, 3.8) is 0 Å². The number of hydrogen-bond donors (Lipinski definition) is 2. The van der Waals surface area contributed by atoms with E-state index in [0.29, 0.717) is 38.1 Å². The molecule has 0 spiro atoms. The molecule has 2 heterocycles. The summed E-state index contributed by atoms with van der Waals surface area (Å²) in [6, 6.07) is 15.2. The molecule has 1 atom stereocenters. The first-order valence-corrected chi connectivity index (χ1v) is 15.8. The topological polar surface area (TPSA) is 109 Å². The van der Waals surface area contributed by atoms with E-state index in [-0.39, 0.29) is 29.2 Å². The molecule has 2 fully saturated rings. The second-order valence-electron chi connectivity index (χ2n) is 11.4. The molecular weight excluding hydrogens is 526 g/mol. The van der Waals surface area contributed by atoms with Crippen LogP contribution in [0.5, 0.6) is 0 Å². The molecule has 5 rings (SSSR count). The Morgan fingerprint density at radius 3 is 2.38 bits per heavy atom. The van der Waals surface area contributed by atoms with Crippen molar-refractivity contribution in [1.82, 2.24) is 14.2 Å². The zero-order chi connectivity index (χ0) is 28.4. The maximum Gasteiger partial charge on any atom is 0.303 e. The number of nitrogens with zero attached hydrogens (tertiary/aromatic N) is 2. The van der Waals surface area contributed by atoms with Gasteiger partial charge in [-0.1, -0.05) is 30.3 Å². The molecule has 0 radical (unpaired) electrons. The van der Waals surface area contributed by atoms with Crippen molar-refractivity contribution >= 4 is 32.8 Å². The number of carbonyl (C=O) groups excluding carboxylic acids is 1. The molecule has 1 aromatic heterocycles. The molecule has 0 unspecified atom stereocenters. The largest absolute Gasteiger partial charge is 0.481 e. The smallest absolute Gasteiger partial charge is 0.303 e. The van der Waals surface area contributed by atoms with Crippen molar-refractivity contribution in [2.45, 2.75) is 81.7 Å². The maximum atomic E-state index is 13.3. The van der Waals surface area contributed by atoms with Crippen LogP contribution in [0.15, 0.2) is 53.4 Å². The molecule has 2 N–H and O–H groups in total. The van der Waals surface area contributed by atoms with E-state index in [9.17, 15) is 18.0 Å². The van der Waals surface area contributed by atoms with E-state index in [1.807, 2.05) is 52.9 Å². The van der Waals surface area contributed by atoms with E-state index in [1.165, 1.54) is 6.42 Å². The average molecular weight is 566 g/mol. The summed E-state index contributed by atoms with van der Waals surface area (Å²) >= 11 is 0. The number of hydrogen-bond acceptors (Lipinski definition) is 4. The summed E-state index contributed by atoms with van der Waals surface area (Å²) in [6.45, 7) is 2.97. The molecular formula is C31H39N3O5S. The number of aromatic nitrogens is 1. The predicted molar refractivity (Wildman–Crippen MR) is 155 cm³/mol. The van der Waals surface area contributed by atoms with E-state index in [2.05, 4.69) is 11.6 Å². The van der Waals surface area contributed by atoms with Gasteiger partial charge in [-0.3, -0.25) is 9.59 Å². The number of carboxylic acid groups (broad SMARTS) is 1. The number of piperidine rings is 1. The van der Waals surface area contributed by atoms with Crippen LogP contribution in [0.2, 0.25) is 0 Å². The third-order valence-electron chi connectivity index (χ3n) is 8.69. The Balaban J connectivity index is 1.25. The standard InChI is InChI=1S/C31H39N3O5S/c1-21-5-3-4-18-34(21)31(37)24-11-14-26(15-12-24)32-40(38,39)27-16-13-25-19-28(33(2)29(25)20-27)23-9-6-22(7-10-23)8-17-30(35)36/h6-7,9-10,13,16,19-21,24,26,32H,3-5,8,11-12,14-15,17-18H2,1-2H3,(H,35,36)/t21-,24-,26-/m0/s1. The summed E-state index contributed by atoms with van der Waals surface area (Å²) in [4.78, 5) is 26.2. The number of carboxylic acids is 1. The Morgan fingerprint density at radius 2 is 1.70 bits per heavy atom. The van der Waals surface area contributed by atoms with Crippen LogP contribution < -0.4 is 4.72 Å². The first kappa shape index (κ1) is 28.4. The molecule has 1 amide bonds. The summed E-state index contributed by atoms with van der Waals surface area (Å²) < 4.78 is 31.6. The number of sulfonamides is 1. The second-order valence-corrected chi connectivity index (χ2v) is 13.2. The predicted octanol–water partition coefficient (Wildman–Crippen LogP) is 5.10. The lowest BCUT2D eigenvalue weighted by Gasteiger charge is -2.38. The van der Waals surface area contributed by atoms with Gasteiger partial charge in [0.05, 0.1) is 4.90 Å². The van der Waals surface area contributed by atoms with Gasteiger partial charge in [-0.2, -0.15) is 0 Å². The highest BCUT2D eigenvalue weighted by atomic mass is 32.2. The van der Waals surface area contributed by atoms with Crippen LogP contribution in [0.25, 0.3) is 22.2 Å². The molecule has 2 aliphatic rings. The number of amides is 1. The Kier molecular flexibility index (Phi) is 8.33. The van der Waals surface area contributed by atoms with Gasteiger partial charge < -0.3 is 14.6 Å². The van der Waals surface area contributed by atoms with Crippen LogP contribution in [-0.2, 0) is 33.1 Å². The van der Waals surface area contributed by atoms with Gasteiger partial charge in [0.2, 0.25) is 15.9 Å². The molecule has 3 aromatic rings. The van der Waals surface area contributed by atoms with Crippen LogP contribution >= 0.6 is 0 Å². The van der Waals surface area contributed by atoms with Gasteiger partial charge in [-0.25, -0.2) is 13.1 Å². The summed E-state index contributed by atoms with van der Waals surface area (Å²) in [6.07, 6.45) is 6.64. The molecule has 1 saturated carbocycles. The van der Waals surface area contributed by atoms with Crippen molar-refractivity contribution < 1.29 is 23.1 Å². The van der Waals surface area contributed by atoms with Crippen LogP contribution in [0.1, 0.15) is 63.9 Å². The molecule has 1 aliphatic carbocycles. The Labute approximate surface area is 236 Å². The Bertz CT molecular complexity index is 1490. The van der Waals surface area contributed by atoms with Gasteiger partial charge in [-0.15, -0.1) is 0 Å². The lowest BCUT2D eigenvalue weighted by molar-refractivity contribution is -0.140. The van der Waals surface area contributed by atoms with Crippen molar-refractivity contribution in [3.8, 4) is 11.3 Å². The average Bonchev–Trinajstić information content (AvgIpc) is 3.28. The summed E-state index contributed by atoms with van der Waals surface area (Å²) in [5.74, 6) is -0.581. The Morgan fingerprint density at radius 1 is 0.975 bits per heavy atom. The summed E-state index contributed by atoms with van der Waals surface area (Å²) in [5.41, 5.74) is 3.71. The lowest BCUT2D eigenvalue weighted by Crippen LogP contribution is -2.47. The van der Waals surface area contributed by atoms with E-state index >= 15 is 0 Å². The highest BCUT2D eigenvalue weighted by Crippen LogP contribution is 2.32. The minimum absolute atomic E-state index is 0.00863. The summed E-state index contributed by atoms with van der Waals surface area (Å²) in [5, 5.41) is 9.86. The fraction of sp³-hybridized carbons (Fsp3) is 0.484. The number of aliphatic carboxylic acids is 1. The first-order valence-electron chi connectivity index (χ1n) is 14.4. The van der Waals surface area contributed by atoms with Crippen molar-refractivity contribution in [2.24, 2.45) is 13.0 Å². The summed E-state index contributed by atoms with van der Waals surface area (Å²) in [7, 11) is -1.80. The number of aryl methyl sites for hydroxylation is 2. The van der Waals surface area contributed by atoms with Gasteiger partial charge in [-0.05, 0) is 87.6 Å². The number of likely N-dealkylation sites (tertiary alicyclic amines) is 1. The van der Waals surface area contributed by atoms with Crippen molar-refractivity contribution in [2.75, 3.05) is 6.54 Å². The number of nitrogens with one attached hydrogen (secondary N) is 1. The molecule has 1 aliphatic heterocycles. The monoisotopic (exact) mass is 565 g/mol. The van der Waals surface area contributed by atoms with E-state index < -0.39 is 16.0 Å². The lowest BCUT2D eigenvalue weighted by atomic mass is 9.85. The van der Waals surface area contributed by atoms with Gasteiger partial charge in [0.15, 0.2) is 0 Å². The zero-order valence-electron chi connectivity index (χ0n) is 23.3. The van der Waals surface area contributed by atoms with Gasteiger partial charge in [0, 0.05) is 54.6 Å². The molecule has 0 bridgehead atoms. The van der Waals surface area contributed by atoms with Crippen LogP contribution in [0.3, 0.4) is 0 Å². The van der Waals surface area contributed by atoms with Crippen molar-refractivity contribution in [3.05, 3.63) is 54.1 Å². The highest BCUT2D eigenvalue weighted by molar-refractivity contribution is 7.89. The van der Waals surface area contributed by atoms with E-state index in [1.54, 1.807) is 12.1 Å². The third-order valence-corrected chi connectivity index (χ3v) is 10.2. The normalized spacial score (nSPS) is 21.9. The number of benzene rings is 2. The highest BCUT2D eigenvalue weighted by Gasteiger charge is 2.33. The minimum Gasteiger partial charge on any atom is -0.481 e. The molecule has 1 saturated heterocycles. The SMILES string of the molecule is C[C@H]1CCCCN1C(=O)[C@H]1CC[C@H](NS(=O)(=O)c2ccc3cc(-c4ccc(CCC(=O)O)cc4)n(C)c3c2)CC1. The minimum atomic E-state index is -3.72. The van der Waals surface area contributed by atoms with Gasteiger partial charge in [0.1, 0.15) is 0 Å². The zero-order valence-corrected chi connectivity index (χ0v) is 24.1. The maximum absolute atomic E-state index is 13.3. The molecule has 40 heavy (non-hydrogen) atoms. The van der Waals surface area contributed by atoms with E-state index in [4.69, 9.17) is 5.11 Å². The Hall–Kier alpha value is -3.17. The fourth-order valence-corrected chi connectivity index (χ4v) is 7.58. The van der Waals surface area contributed by atoms with Crippen LogP contribution in [-0.4, -0.2) is 53.5 Å². The van der Waals surface area contributed by atoms with Crippen molar-refractivity contribution in [1.29, 1.82) is 0 Å². The number of fused-ring (bicyclic) bond motifs is 1. The van der Waals surface area contributed by atoms with Crippen LogP contribution in [0.4, 0.5) is 0 Å². The van der Waals surface area contributed by atoms with Gasteiger partial charge in [0.25, 0.3) is 0 Å². The second kappa shape index (κ2) is 11.7.